The number of hydrogen-bond donors (Lipinski definition) is 1. The van der Waals surface area contributed by atoms with Crippen molar-refractivity contribution in [3.8, 4) is 11.6 Å². The predicted molar refractivity (Wildman–Crippen MR) is 79.8 cm³/mol. The van der Waals surface area contributed by atoms with Crippen molar-refractivity contribution in [2.45, 2.75) is 20.3 Å². The van der Waals surface area contributed by atoms with Gasteiger partial charge in [0.15, 0.2) is 0 Å². The minimum atomic E-state index is 0.580. The maximum absolute atomic E-state index is 5.77. The Bertz CT molecular complexity index is 543. The number of nitrogens with zero attached hydrogens (tertiary/aromatic N) is 2. The van der Waals surface area contributed by atoms with Gasteiger partial charge in [-0.2, -0.15) is 0 Å². The van der Waals surface area contributed by atoms with E-state index < -0.39 is 0 Å². The van der Waals surface area contributed by atoms with E-state index in [1.807, 2.05) is 31.2 Å². The van der Waals surface area contributed by atoms with Crippen LogP contribution < -0.4 is 10.1 Å². The largest absolute Gasteiger partial charge is 0.439 e. The molecule has 19 heavy (non-hydrogen) atoms. The smallest absolute Gasteiger partial charge is 0.227 e. The second-order valence-electron chi connectivity index (χ2n) is 4.14. The molecule has 1 heterocycles. The van der Waals surface area contributed by atoms with E-state index in [0.717, 1.165) is 34.6 Å². The molecule has 0 amide bonds. The van der Waals surface area contributed by atoms with Crippen LogP contribution in [-0.4, -0.2) is 16.5 Å². The summed E-state index contributed by atoms with van der Waals surface area (Å²) in [6, 6.07) is 7.65. The van der Waals surface area contributed by atoms with Crippen LogP contribution in [0.3, 0.4) is 0 Å². The fourth-order valence-electron chi connectivity index (χ4n) is 1.57. The zero-order valence-corrected chi connectivity index (χ0v) is 12.6. The summed E-state index contributed by atoms with van der Waals surface area (Å²) in [4.78, 5) is 8.40. The molecular formula is C14H16BrN3O. The van der Waals surface area contributed by atoms with Gasteiger partial charge in [0.1, 0.15) is 17.9 Å². The molecule has 0 saturated heterocycles. The average Bonchev–Trinajstić information content (AvgIpc) is 2.42. The van der Waals surface area contributed by atoms with Crippen molar-refractivity contribution in [1.82, 2.24) is 9.97 Å². The summed E-state index contributed by atoms with van der Waals surface area (Å²) in [5.74, 6) is 2.16. The lowest BCUT2D eigenvalue weighted by Gasteiger charge is -2.11. The molecule has 0 fully saturated rings. The zero-order valence-electron chi connectivity index (χ0n) is 11.0. The van der Waals surface area contributed by atoms with Crippen molar-refractivity contribution in [2.75, 3.05) is 11.9 Å². The Balaban J connectivity index is 2.18. The Labute approximate surface area is 121 Å². The van der Waals surface area contributed by atoms with Crippen LogP contribution in [0.4, 0.5) is 5.82 Å². The molecule has 2 rings (SSSR count). The Morgan fingerprint density at radius 3 is 2.63 bits per heavy atom. The number of ether oxygens (including phenoxy) is 1. The second-order valence-corrected chi connectivity index (χ2v) is 5.05. The molecule has 1 aromatic carbocycles. The number of benzene rings is 1. The molecule has 1 aromatic heterocycles. The molecule has 100 valence electrons. The number of nitrogens with one attached hydrogen (secondary N) is 1. The van der Waals surface area contributed by atoms with E-state index in [9.17, 15) is 0 Å². The van der Waals surface area contributed by atoms with Crippen molar-refractivity contribution >= 4 is 21.7 Å². The van der Waals surface area contributed by atoms with E-state index in [2.05, 4.69) is 38.1 Å². The Kier molecular flexibility index (Phi) is 4.74. The molecule has 0 aliphatic carbocycles. The highest BCUT2D eigenvalue weighted by Crippen LogP contribution is 2.26. The number of rotatable bonds is 5. The van der Waals surface area contributed by atoms with Crippen LogP contribution >= 0.6 is 15.9 Å². The van der Waals surface area contributed by atoms with Gasteiger partial charge in [-0.05, 0) is 37.6 Å². The fraction of sp³-hybridized carbons (Fsp3) is 0.286. The molecule has 0 saturated carbocycles. The third-order valence-electron chi connectivity index (χ3n) is 2.61. The molecule has 0 unspecified atom stereocenters. The van der Waals surface area contributed by atoms with E-state index in [1.54, 1.807) is 0 Å². The number of aromatic nitrogens is 2. The van der Waals surface area contributed by atoms with Gasteiger partial charge < -0.3 is 10.1 Å². The van der Waals surface area contributed by atoms with Gasteiger partial charge in [-0.3, -0.25) is 0 Å². The number of halogens is 1. The lowest BCUT2D eigenvalue weighted by molar-refractivity contribution is 0.457. The van der Waals surface area contributed by atoms with Crippen LogP contribution in [0.1, 0.15) is 18.9 Å². The van der Waals surface area contributed by atoms with Gasteiger partial charge in [0.05, 0.1) is 5.56 Å². The van der Waals surface area contributed by atoms with Crippen LogP contribution in [0, 0.1) is 6.92 Å². The van der Waals surface area contributed by atoms with E-state index in [4.69, 9.17) is 4.74 Å². The van der Waals surface area contributed by atoms with E-state index >= 15 is 0 Å². The molecule has 0 bridgehead atoms. The molecule has 0 radical (unpaired) electrons. The average molecular weight is 322 g/mol. The van der Waals surface area contributed by atoms with Crippen molar-refractivity contribution < 1.29 is 4.74 Å². The SMILES string of the molecule is CCCNc1ncnc(Oc2ccc(Br)cc2)c1C. The Morgan fingerprint density at radius 2 is 1.95 bits per heavy atom. The van der Waals surface area contributed by atoms with Crippen LogP contribution in [0.5, 0.6) is 11.6 Å². The standard InChI is InChI=1S/C14H16BrN3O/c1-3-8-16-13-10(2)14(18-9-17-13)19-12-6-4-11(15)5-7-12/h4-7,9H,3,8H2,1-2H3,(H,16,17,18). The maximum Gasteiger partial charge on any atom is 0.227 e. The lowest BCUT2D eigenvalue weighted by Crippen LogP contribution is -2.05. The Hall–Kier alpha value is -1.62. The van der Waals surface area contributed by atoms with Crippen molar-refractivity contribution in [1.29, 1.82) is 0 Å². The topological polar surface area (TPSA) is 47.0 Å². The van der Waals surface area contributed by atoms with Gasteiger partial charge >= 0.3 is 0 Å². The van der Waals surface area contributed by atoms with E-state index in [-0.39, 0.29) is 0 Å². The second kappa shape index (κ2) is 6.52. The van der Waals surface area contributed by atoms with Crippen molar-refractivity contribution in [3.05, 3.63) is 40.6 Å². The quantitative estimate of drug-likeness (QED) is 0.898. The van der Waals surface area contributed by atoms with Crippen LogP contribution in [0.2, 0.25) is 0 Å². The third-order valence-corrected chi connectivity index (χ3v) is 3.14. The Morgan fingerprint density at radius 1 is 1.21 bits per heavy atom. The van der Waals surface area contributed by atoms with Gasteiger partial charge in [-0.15, -0.1) is 0 Å². The van der Waals surface area contributed by atoms with Crippen molar-refractivity contribution in [2.24, 2.45) is 0 Å². The van der Waals surface area contributed by atoms with Gasteiger partial charge in [-0.25, -0.2) is 9.97 Å². The van der Waals surface area contributed by atoms with Crippen LogP contribution in [0.15, 0.2) is 35.1 Å². The number of hydrogen-bond acceptors (Lipinski definition) is 4. The van der Waals surface area contributed by atoms with Crippen LogP contribution in [0.25, 0.3) is 0 Å². The molecule has 5 heteroatoms. The maximum atomic E-state index is 5.77. The fourth-order valence-corrected chi connectivity index (χ4v) is 1.84. The monoisotopic (exact) mass is 321 g/mol. The summed E-state index contributed by atoms with van der Waals surface area (Å²) in [6.45, 7) is 4.95. The summed E-state index contributed by atoms with van der Waals surface area (Å²) in [7, 11) is 0. The van der Waals surface area contributed by atoms with Gasteiger partial charge in [0.25, 0.3) is 0 Å². The molecule has 0 spiro atoms. The highest BCUT2D eigenvalue weighted by Gasteiger charge is 2.08. The van der Waals surface area contributed by atoms with Gasteiger partial charge in [-0.1, -0.05) is 22.9 Å². The first-order valence-electron chi connectivity index (χ1n) is 6.19. The van der Waals surface area contributed by atoms with Gasteiger partial charge in [0, 0.05) is 11.0 Å². The summed E-state index contributed by atoms with van der Waals surface area (Å²) in [5.41, 5.74) is 0.916. The third kappa shape index (κ3) is 3.67. The minimum Gasteiger partial charge on any atom is -0.439 e. The summed E-state index contributed by atoms with van der Waals surface area (Å²) in [6.07, 6.45) is 2.56. The normalized spacial score (nSPS) is 10.3. The molecule has 0 aliphatic heterocycles. The molecule has 1 N–H and O–H groups in total. The molecule has 0 aliphatic rings. The zero-order chi connectivity index (χ0) is 13.7. The summed E-state index contributed by atoms with van der Waals surface area (Å²) < 4.78 is 6.79. The lowest BCUT2D eigenvalue weighted by atomic mass is 10.3. The number of anilines is 1. The highest BCUT2D eigenvalue weighted by atomic mass is 79.9. The first-order valence-corrected chi connectivity index (χ1v) is 6.99. The molecule has 4 nitrogen and oxygen atoms in total. The summed E-state index contributed by atoms with van der Waals surface area (Å²) in [5, 5.41) is 3.26. The minimum absolute atomic E-state index is 0.580. The van der Waals surface area contributed by atoms with Crippen LogP contribution in [-0.2, 0) is 0 Å². The molecular weight excluding hydrogens is 306 g/mol. The molecule has 2 aromatic rings. The van der Waals surface area contributed by atoms with Crippen molar-refractivity contribution in [3.63, 3.8) is 0 Å². The van der Waals surface area contributed by atoms with E-state index in [1.165, 1.54) is 6.33 Å². The highest BCUT2D eigenvalue weighted by molar-refractivity contribution is 9.10. The first kappa shape index (κ1) is 13.8. The first-order chi connectivity index (χ1) is 9.20. The predicted octanol–water partition coefficient (Wildman–Crippen LogP) is 4.16. The van der Waals surface area contributed by atoms with Gasteiger partial charge in [0.2, 0.25) is 5.88 Å². The van der Waals surface area contributed by atoms with E-state index in [0.29, 0.717) is 5.88 Å². The molecule has 0 atom stereocenters. The summed E-state index contributed by atoms with van der Waals surface area (Å²) >= 11 is 3.39.